The Hall–Kier alpha value is -1.39. The fourth-order valence-electron chi connectivity index (χ4n) is 1.67. The molecule has 1 heterocycles. The molecule has 0 spiro atoms. The summed E-state index contributed by atoms with van der Waals surface area (Å²) in [5.41, 5.74) is 7.47. The van der Waals surface area contributed by atoms with Crippen molar-refractivity contribution >= 4 is 11.6 Å². The van der Waals surface area contributed by atoms with Crippen LogP contribution in [0.3, 0.4) is 0 Å². The van der Waals surface area contributed by atoms with Crippen LogP contribution in [0.25, 0.3) is 0 Å². The fourth-order valence-corrected chi connectivity index (χ4v) is 1.88. The van der Waals surface area contributed by atoms with Crippen molar-refractivity contribution in [3.63, 3.8) is 0 Å². The molecule has 2 aromatic rings. The molecule has 1 aromatic heterocycles. The van der Waals surface area contributed by atoms with Crippen molar-refractivity contribution in [2.45, 2.75) is 12.5 Å². The summed E-state index contributed by atoms with van der Waals surface area (Å²) >= 11 is 5.87. The van der Waals surface area contributed by atoms with Crippen molar-refractivity contribution in [2.75, 3.05) is 0 Å². The van der Waals surface area contributed by atoms with E-state index < -0.39 is 5.82 Å². The largest absolute Gasteiger partial charge is 0.340 e. The van der Waals surface area contributed by atoms with Crippen LogP contribution in [0.5, 0.6) is 0 Å². The molecule has 0 amide bonds. The van der Waals surface area contributed by atoms with Gasteiger partial charge in [-0.3, -0.25) is 0 Å². The number of benzene rings is 1. The van der Waals surface area contributed by atoms with E-state index in [0.29, 0.717) is 12.0 Å². The lowest BCUT2D eigenvalue weighted by Gasteiger charge is -2.10. The maximum Gasteiger partial charge on any atom is 0.142 e. The first-order chi connectivity index (χ1) is 8.08. The minimum Gasteiger partial charge on any atom is -0.340 e. The Balaban J connectivity index is 2.18. The second-order valence-corrected chi connectivity index (χ2v) is 4.37. The average molecular weight is 254 g/mol. The molecule has 0 aliphatic carbocycles. The fraction of sp³-hybridized carbons (Fsp3) is 0.250. The summed E-state index contributed by atoms with van der Waals surface area (Å²) in [5.74, 6) is -0.419. The lowest BCUT2D eigenvalue weighted by molar-refractivity contribution is 0.621. The topological polar surface area (TPSA) is 43.8 Å². The number of aryl methyl sites for hydroxylation is 1. The highest BCUT2D eigenvalue weighted by Gasteiger charge is 2.13. The molecular weight excluding hydrogens is 241 g/mol. The number of halogens is 2. The van der Waals surface area contributed by atoms with Crippen LogP contribution in [0.1, 0.15) is 17.3 Å². The summed E-state index contributed by atoms with van der Waals surface area (Å²) in [6.45, 7) is 0. The number of nitrogens with two attached hydrogens (primary N) is 1. The molecule has 1 aromatic carbocycles. The molecule has 0 radical (unpaired) electrons. The first-order valence-electron chi connectivity index (χ1n) is 5.24. The van der Waals surface area contributed by atoms with Gasteiger partial charge in [-0.15, -0.1) is 0 Å². The molecule has 90 valence electrons. The van der Waals surface area contributed by atoms with Crippen molar-refractivity contribution in [1.82, 2.24) is 9.55 Å². The lowest BCUT2D eigenvalue weighted by Crippen LogP contribution is -2.14. The molecule has 0 saturated carbocycles. The van der Waals surface area contributed by atoms with Crippen LogP contribution in [0.15, 0.2) is 30.7 Å². The number of aromatic nitrogens is 2. The highest BCUT2D eigenvalue weighted by atomic mass is 35.5. The molecule has 2 N–H and O–H groups in total. The maximum atomic E-state index is 13.2. The monoisotopic (exact) mass is 253 g/mol. The normalized spacial score (nSPS) is 12.7. The van der Waals surface area contributed by atoms with Crippen LogP contribution in [0.2, 0.25) is 5.02 Å². The Morgan fingerprint density at radius 2 is 2.29 bits per heavy atom. The average Bonchev–Trinajstić information content (AvgIpc) is 2.72. The van der Waals surface area contributed by atoms with E-state index in [-0.39, 0.29) is 11.1 Å². The van der Waals surface area contributed by atoms with Crippen LogP contribution < -0.4 is 5.73 Å². The van der Waals surface area contributed by atoms with Crippen molar-refractivity contribution in [3.05, 3.63) is 52.8 Å². The molecular formula is C12H13ClFN3. The SMILES string of the molecule is Cn1cnc(C(N)Cc2cccc(F)c2Cl)c1. The zero-order chi connectivity index (χ0) is 12.4. The van der Waals surface area contributed by atoms with E-state index in [1.54, 1.807) is 18.5 Å². The van der Waals surface area contributed by atoms with Crippen LogP contribution >= 0.6 is 11.6 Å². The second-order valence-electron chi connectivity index (χ2n) is 3.99. The molecule has 0 saturated heterocycles. The summed E-state index contributed by atoms with van der Waals surface area (Å²) in [6, 6.07) is 4.45. The van der Waals surface area contributed by atoms with E-state index in [0.717, 1.165) is 5.69 Å². The Labute approximate surface area is 104 Å². The van der Waals surface area contributed by atoms with Crippen molar-refractivity contribution in [1.29, 1.82) is 0 Å². The van der Waals surface area contributed by atoms with Crippen LogP contribution in [-0.2, 0) is 13.5 Å². The van der Waals surface area contributed by atoms with Gasteiger partial charge in [0.2, 0.25) is 0 Å². The predicted octanol–water partition coefficient (Wildman–Crippen LogP) is 2.46. The van der Waals surface area contributed by atoms with E-state index in [2.05, 4.69) is 4.98 Å². The van der Waals surface area contributed by atoms with E-state index in [9.17, 15) is 4.39 Å². The zero-order valence-electron chi connectivity index (χ0n) is 9.40. The summed E-state index contributed by atoms with van der Waals surface area (Å²) in [5, 5.41) is 0.138. The third-order valence-electron chi connectivity index (χ3n) is 2.58. The van der Waals surface area contributed by atoms with Crippen LogP contribution in [0, 0.1) is 5.82 Å². The third kappa shape index (κ3) is 2.65. The zero-order valence-corrected chi connectivity index (χ0v) is 10.2. The molecule has 0 aliphatic rings. The highest BCUT2D eigenvalue weighted by Crippen LogP contribution is 2.23. The summed E-state index contributed by atoms with van der Waals surface area (Å²) < 4.78 is 15.1. The number of hydrogen-bond donors (Lipinski definition) is 1. The smallest absolute Gasteiger partial charge is 0.142 e. The third-order valence-corrected chi connectivity index (χ3v) is 3.00. The van der Waals surface area contributed by atoms with Gasteiger partial charge in [0.15, 0.2) is 0 Å². The van der Waals surface area contributed by atoms with Crippen LogP contribution in [-0.4, -0.2) is 9.55 Å². The Bertz CT molecular complexity index is 524. The van der Waals surface area contributed by atoms with Crippen LogP contribution in [0.4, 0.5) is 4.39 Å². The van der Waals surface area contributed by atoms with Gasteiger partial charge in [0.25, 0.3) is 0 Å². The highest BCUT2D eigenvalue weighted by molar-refractivity contribution is 6.31. The van der Waals surface area contributed by atoms with Crippen molar-refractivity contribution in [2.24, 2.45) is 12.8 Å². The van der Waals surface area contributed by atoms with Gasteiger partial charge >= 0.3 is 0 Å². The Morgan fingerprint density at radius 3 is 2.94 bits per heavy atom. The molecule has 3 nitrogen and oxygen atoms in total. The van der Waals surface area contributed by atoms with E-state index in [4.69, 9.17) is 17.3 Å². The quantitative estimate of drug-likeness (QED) is 0.913. The van der Waals surface area contributed by atoms with Crippen molar-refractivity contribution < 1.29 is 4.39 Å². The van der Waals surface area contributed by atoms with Gasteiger partial charge in [0.05, 0.1) is 23.1 Å². The summed E-state index contributed by atoms with van der Waals surface area (Å²) in [7, 11) is 1.87. The van der Waals surface area contributed by atoms with Gasteiger partial charge in [-0.05, 0) is 18.1 Å². The van der Waals surface area contributed by atoms with Crippen molar-refractivity contribution in [3.8, 4) is 0 Å². The predicted molar refractivity (Wildman–Crippen MR) is 65.3 cm³/mol. The first-order valence-corrected chi connectivity index (χ1v) is 5.62. The van der Waals surface area contributed by atoms with Gasteiger partial charge in [-0.25, -0.2) is 9.37 Å². The minimum atomic E-state index is -0.419. The number of hydrogen-bond acceptors (Lipinski definition) is 2. The molecule has 0 bridgehead atoms. The van der Waals surface area contributed by atoms with Gasteiger partial charge in [0, 0.05) is 13.2 Å². The second kappa shape index (κ2) is 4.85. The minimum absolute atomic E-state index is 0.138. The standard InChI is InChI=1S/C12H13ClFN3/c1-17-6-11(16-7-17)10(15)5-8-3-2-4-9(14)12(8)13/h2-4,6-7,10H,5,15H2,1H3. The molecule has 1 atom stereocenters. The molecule has 0 aliphatic heterocycles. The molecule has 17 heavy (non-hydrogen) atoms. The lowest BCUT2D eigenvalue weighted by atomic mass is 10.0. The summed E-state index contributed by atoms with van der Waals surface area (Å²) in [6.07, 6.45) is 3.99. The number of nitrogens with zero attached hydrogens (tertiary/aromatic N) is 2. The first kappa shape index (κ1) is 12.1. The van der Waals surface area contributed by atoms with E-state index in [1.165, 1.54) is 6.07 Å². The Kier molecular flexibility index (Phi) is 3.45. The van der Waals surface area contributed by atoms with Gasteiger partial charge in [-0.2, -0.15) is 0 Å². The van der Waals surface area contributed by atoms with Gasteiger partial charge < -0.3 is 10.3 Å². The number of rotatable bonds is 3. The summed E-state index contributed by atoms with van der Waals surface area (Å²) in [4.78, 5) is 4.17. The number of imidazole rings is 1. The maximum absolute atomic E-state index is 13.2. The van der Waals surface area contributed by atoms with Gasteiger partial charge in [-0.1, -0.05) is 23.7 Å². The van der Waals surface area contributed by atoms with Gasteiger partial charge in [0.1, 0.15) is 5.82 Å². The molecule has 1 unspecified atom stereocenters. The molecule has 2 rings (SSSR count). The molecule has 0 fully saturated rings. The van der Waals surface area contributed by atoms with E-state index >= 15 is 0 Å². The molecule has 5 heteroatoms. The Morgan fingerprint density at radius 1 is 1.53 bits per heavy atom. The van der Waals surface area contributed by atoms with E-state index in [1.807, 2.05) is 17.8 Å².